The zero-order valence-corrected chi connectivity index (χ0v) is 16.2. The van der Waals surface area contributed by atoms with Crippen molar-refractivity contribution in [2.45, 2.75) is 25.8 Å². The van der Waals surface area contributed by atoms with Gasteiger partial charge in [-0.1, -0.05) is 73.7 Å². The molecule has 0 aliphatic rings. The topological polar surface area (TPSA) is 9.23 Å². The highest BCUT2D eigenvalue weighted by Crippen LogP contribution is 2.30. The predicted octanol–water partition coefficient (Wildman–Crippen LogP) is 5.84. The van der Waals surface area contributed by atoms with Crippen molar-refractivity contribution in [2.75, 3.05) is 27.2 Å². The molecule has 0 N–H and O–H groups in total. The molecule has 2 heteroatoms. The molecule has 136 valence electrons. The molecule has 0 saturated heterocycles. The van der Waals surface area contributed by atoms with Crippen molar-refractivity contribution in [3.05, 3.63) is 78.4 Å². The van der Waals surface area contributed by atoms with Crippen LogP contribution in [0.3, 0.4) is 0 Å². The molecule has 0 fully saturated rings. The normalized spacial score (nSPS) is 12.9. The number of hydrogen-bond acceptors (Lipinski definition) is 1. The highest BCUT2D eigenvalue weighted by Gasteiger charge is 2.29. The average Bonchev–Trinajstić information content (AvgIpc) is 2.66. The fourth-order valence-corrected chi connectivity index (χ4v) is 3.93. The summed E-state index contributed by atoms with van der Waals surface area (Å²) in [6.07, 6.45) is 2.18. The van der Waals surface area contributed by atoms with Crippen LogP contribution < -0.4 is 4.74 Å². The van der Waals surface area contributed by atoms with Gasteiger partial charge in [-0.25, -0.2) is 0 Å². The molecule has 3 aromatic rings. The van der Waals surface area contributed by atoms with Gasteiger partial charge in [-0.3, -0.25) is 0 Å². The van der Waals surface area contributed by atoms with Crippen molar-refractivity contribution in [1.82, 2.24) is 0 Å². The Morgan fingerprint density at radius 2 is 1.54 bits per heavy atom. The van der Waals surface area contributed by atoms with Crippen LogP contribution >= 0.6 is 0 Å². The molecule has 0 aliphatic carbocycles. The Morgan fingerprint density at radius 3 is 2.31 bits per heavy atom. The van der Waals surface area contributed by atoms with Crippen LogP contribution in [0.1, 0.15) is 31.4 Å². The van der Waals surface area contributed by atoms with E-state index in [1.807, 2.05) is 0 Å². The first-order valence-corrected chi connectivity index (χ1v) is 9.60. The van der Waals surface area contributed by atoms with Gasteiger partial charge in [-0.05, 0) is 17.9 Å². The van der Waals surface area contributed by atoms with E-state index < -0.39 is 0 Å². The lowest BCUT2D eigenvalue weighted by molar-refractivity contribution is -0.921. The first-order chi connectivity index (χ1) is 12.6. The third-order valence-electron chi connectivity index (χ3n) is 5.23. The summed E-state index contributed by atoms with van der Waals surface area (Å²) in [4.78, 5) is 0. The Kier molecular flexibility index (Phi) is 5.95. The van der Waals surface area contributed by atoms with Gasteiger partial charge in [0.25, 0.3) is 0 Å². The maximum Gasteiger partial charge on any atom is 0.127 e. The predicted molar refractivity (Wildman–Crippen MR) is 111 cm³/mol. The molecule has 0 bridgehead atoms. The van der Waals surface area contributed by atoms with Crippen molar-refractivity contribution in [3.8, 4) is 5.75 Å². The Hall–Kier alpha value is -2.32. The summed E-state index contributed by atoms with van der Waals surface area (Å²) in [5, 5.41) is 2.42. The molecule has 0 spiro atoms. The van der Waals surface area contributed by atoms with Crippen LogP contribution in [0.15, 0.2) is 72.8 Å². The number of ether oxygens (including phenoxy) is 1. The van der Waals surface area contributed by atoms with E-state index in [0.29, 0.717) is 6.04 Å². The summed E-state index contributed by atoms with van der Waals surface area (Å²) < 4.78 is 7.22. The minimum absolute atomic E-state index is 0.436. The van der Waals surface area contributed by atoms with Crippen LogP contribution in [0, 0.1) is 0 Å². The Bertz CT molecular complexity index is 820. The monoisotopic (exact) mass is 348 g/mol. The summed E-state index contributed by atoms with van der Waals surface area (Å²) in [7, 11) is 4.66. The third kappa shape index (κ3) is 4.25. The van der Waals surface area contributed by atoms with Crippen LogP contribution in [-0.2, 0) is 0 Å². The molecule has 2 nitrogen and oxygen atoms in total. The second-order valence-electron chi connectivity index (χ2n) is 7.54. The molecule has 0 radical (unpaired) electrons. The van der Waals surface area contributed by atoms with Crippen LogP contribution in [0.4, 0.5) is 0 Å². The van der Waals surface area contributed by atoms with Crippen LogP contribution in [0.5, 0.6) is 5.75 Å². The van der Waals surface area contributed by atoms with Crippen molar-refractivity contribution >= 4 is 10.8 Å². The molecule has 1 atom stereocenters. The summed E-state index contributed by atoms with van der Waals surface area (Å²) in [6.45, 7) is 4.14. The molecule has 0 aliphatic heterocycles. The van der Waals surface area contributed by atoms with Gasteiger partial charge in [0.1, 0.15) is 11.8 Å². The summed E-state index contributed by atoms with van der Waals surface area (Å²) in [5.74, 6) is 0.982. The summed E-state index contributed by atoms with van der Waals surface area (Å²) in [5.41, 5.74) is 1.40. The van der Waals surface area contributed by atoms with E-state index in [1.54, 1.807) is 0 Å². The lowest BCUT2D eigenvalue weighted by Crippen LogP contribution is -2.44. The van der Waals surface area contributed by atoms with Gasteiger partial charge in [0.2, 0.25) is 0 Å². The third-order valence-corrected chi connectivity index (χ3v) is 5.23. The number of quaternary nitrogens is 1. The maximum absolute atomic E-state index is 6.23. The van der Waals surface area contributed by atoms with Crippen molar-refractivity contribution in [3.63, 3.8) is 0 Å². The van der Waals surface area contributed by atoms with Crippen LogP contribution in [0.25, 0.3) is 10.8 Å². The van der Waals surface area contributed by atoms with E-state index in [0.717, 1.165) is 29.8 Å². The highest BCUT2D eigenvalue weighted by molar-refractivity contribution is 5.88. The zero-order valence-electron chi connectivity index (χ0n) is 16.2. The van der Waals surface area contributed by atoms with Crippen molar-refractivity contribution in [2.24, 2.45) is 0 Å². The van der Waals surface area contributed by atoms with Gasteiger partial charge in [0, 0.05) is 17.4 Å². The fourth-order valence-electron chi connectivity index (χ4n) is 3.93. The molecule has 0 aromatic heterocycles. The SMILES string of the molecule is CCC[N+](C)(C)C(CCOc1cccc2ccccc12)c1ccccc1. The van der Waals surface area contributed by atoms with E-state index in [2.05, 4.69) is 93.8 Å². The largest absolute Gasteiger partial charge is 0.493 e. The quantitative estimate of drug-likeness (QED) is 0.465. The van der Waals surface area contributed by atoms with E-state index in [4.69, 9.17) is 4.74 Å². The number of hydrogen-bond donors (Lipinski definition) is 0. The minimum atomic E-state index is 0.436. The molecule has 0 heterocycles. The lowest BCUT2D eigenvalue weighted by atomic mass is 10.0. The smallest absolute Gasteiger partial charge is 0.127 e. The molecular formula is C24H30NO+. The van der Waals surface area contributed by atoms with Crippen molar-refractivity contribution < 1.29 is 9.22 Å². The summed E-state index contributed by atoms with van der Waals surface area (Å²) >= 11 is 0. The standard InChI is InChI=1S/C24H30NO/c1-4-18-25(2,3)23(21-12-6-5-7-13-21)17-19-26-24-16-10-14-20-11-8-9-15-22(20)24/h5-16,23H,4,17-19H2,1-3H3/q+1. The first-order valence-electron chi connectivity index (χ1n) is 9.60. The Balaban J connectivity index is 1.75. The highest BCUT2D eigenvalue weighted by atomic mass is 16.5. The van der Waals surface area contributed by atoms with Crippen molar-refractivity contribution in [1.29, 1.82) is 0 Å². The number of fused-ring (bicyclic) bond motifs is 1. The van der Waals surface area contributed by atoms with E-state index in [-0.39, 0.29) is 0 Å². The molecule has 1 unspecified atom stereocenters. The van der Waals surface area contributed by atoms with E-state index in [9.17, 15) is 0 Å². The van der Waals surface area contributed by atoms with E-state index >= 15 is 0 Å². The van der Waals surface area contributed by atoms with Crippen LogP contribution in [-0.4, -0.2) is 31.7 Å². The molecule has 0 amide bonds. The van der Waals surface area contributed by atoms with E-state index in [1.165, 1.54) is 22.8 Å². The fraction of sp³-hybridized carbons (Fsp3) is 0.333. The second-order valence-corrected chi connectivity index (χ2v) is 7.54. The van der Waals surface area contributed by atoms with Gasteiger partial charge < -0.3 is 9.22 Å². The average molecular weight is 349 g/mol. The van der Waals surface area contributed by atoms with Gasteiger partial charge in [0.15, 0.2) is 0 Å². The lowest BCUT2D eigenvalue weighted by Gasteiger charge is -2.38. The molecular weight excluding hydrogens is 318 g/mol. The maximum atomic E-state index is 6.23. The number of rotatable bonds is 8. The summed E-state index contributed by atoms with van der Waals surface area (Å²) in [6, 6.07) is 26.0. The van der Waals surface area contributed by atoms with Crippen LogP contribution in [0.2, 0.25) is 0 Å². The molecule has 0 saturated carbocycles. The number of nitrogens with zero attached hydrogens (tertiary/aromatic N) is 1. The second kappa shape index (κ2) is 8.37. The molecule has 3 aromatic carbocycles. The van der Waals surface area contributed by atoms with Gasteiger partial charge in [-0.2, -0.15) is 0 Å². The first kappa shape index (κ1) is 18.5. The molecule has 26 heavy (non-hydrogen) atoms. The molecule has 3 rings (SSSR count). The van der Waals surface area contributed by atoms with Gasteiger partial charge in [-0.15, -0.1) is 0 Å². The Labute approximate surface area is 157 Å². The minimum Gasteiger partial charge on any atom is -0.493 e. The van der Waals surface area contributed by atoms with Gasteiger partial charge >= 0.3 is 0 Å². The van der Waals surface area contributed by atoms with Gasteiger partial charge in [0.05, 0.1) is 27.2 Å². The Morgan fingerprint density at radius 1 is 0.846 bits per heavy atom. The number of benzene rings is 3. The zero-order chi connectivity index (χ0) is 18.4.